The van der Waals surface area contributed by atoms with Crippen molar-refractivity contribution in [3.63, 3.8) is 0 Å². The van der Waals surface area contributed by atoms with Crippen LogP contribution in [0.15, 0.2) is 53.9 Å². The number of likely N-dealkylation sites (tertiary alicyclic amines) is 1. The van der Waals surface area contributed by atoms with Crippen LogP contribution in [0.25, 0.3) is 10.1 Å². The predicted molar refractivity (Wildman–Crippen MR) is 138 cm³/mol. The molecule has 2 atom stereocenters. The summed E-state index contributed by atoms with van der Waals surface area (Å²) >= 11 is 1.44. The highest BCUT2D eigenvalue weighted by molar-refractivity contribution is 7.17. The van der Waals surface area contributed by atoms with Gasteiger partial charge in [-0.05, 0) is 31.5 Å². The third-order valence-corrected chi connectivity index (χ3v) is 8.36. The van der Waals surface area contributed by atoms with E-state index in [1.807, 2.05) is 24.3 Å². The van der Waals surface area contributed by atoms with E-state index in [9.17, 15) is 27.6 Å². The van der Waals surface area contributed by atoms with Gasteiger partial charge in [0.15, 0.2) is 5.54 Å². The monoisotopic (exact) mass is 547 g/mol. The van der Waals surface area contributed by atoms with Crippen LogP contribution in [0.1, 0.15) is 54.6 Å². The van der Waals surface area contributed by atoms with Crippen molar-refractivity contribution in [2.45, 2.75) is 51.4 Å². The van der Waals surface area contributed by atoms with E-state index in [0.717, 1.165) is 22.2 Å². The van der Waals surface area contributed by atoms with E-state index in [1.165, 1.54) is 23.5 Å². The summed E-state index contributed by atoms with van der Waals surface area (Å²) in [5.41, 5.74) is -0.869. The molecule has 1 aromatic heterocycles. The number of carbonyl (C=O) groups excluding carboxylic acids is 3. The second kappa shape index (κ2) is 10.9. The first-order valence-corrected chi connectivity index (χ1v) is 13.4. The van der Waals surface area contributed by atoms with Crippen molar-refractivity contribution in [2.75, 3.05) is 19.7 Å². The van der Waals surface area contributed by atoms with Crippen LogP contribution in [-0.4, -0.2) is 47.5 Å². The number of nitrogens with zero attached hydrogens (tertiary/aromatic N) is 1. The Morgan fingerprint density at radius 1 is 1.11 bits per heavy atom. The van der Waals surface area contributed by atoms with Crippen LogP contribution in [0.3, 0.4) is 0 Å². The lowest BCUT2D eigenvalue weighted by atomic mass is 9.79. The zero-order valence-electron chi connectivity index (χ0n) is 21.3. The number of carbonyl (C=O) groups is 3. The van der Waals surface area contributed by atoms with Crippen molar-refractivity contribution in [3.8, 4) is 0 Å². The van der Waals surface area contributed by atoms with E-state index in [1.54, 1.807) is 19.2 Å². The number of halogens is 3. The van der Waals surface area contributed by atoms with E-state index in [4.69, 9.17) is 4.74 Å². The maximum atomic E-state index is 14.2. The Labute approximate surface area is 223 Å². The lowest BCUT2D eigenvalue weighted by Gasteiger charge is -2.56. The van der Waals surface area contributed by atoms with Crippen molar-refractivity contribution >= 4 is 39.2 Å². The van der Waals surface area contributed by atoms with Crippen LogP contribution in [0.4, 0.5) is 13.2 Å². The van der Waals surface area contributed by atoms with Gasteiger partial charge in [0.2, 0.25) is 0 Å². The summed E-state index contributed by atoms with van der Waals surface area (Å²) in [6.07, 6.45) is -3.48. The van der Waals surface area contributed by atoms with Crippen LogP contribution in [0, 0.1) is 0 Å². The van der Waals surface area contributed by atoms with Crippen molar-refractivity contribution in [1.29, 1.82) is 0 Å². The fraction of sp³-hybridized carbons (Fsp3) is 0.393. The zero-order chi connectivity index (χ0) is 27.6. The summed E-state index contributed by atoms with van der Waals surface area (Å²) in [7, 11) is 0. The van der Waals surface area contributed by atoms with Gasteiger partial charge >= 0.3 is 18.1 Å². The van der Waals surface area contributed by atoms with Crippen LogP contribution >= 0.6 is 11.3 Å². The molecule has 1 fully saturated rings. The largest absolute Gasteiger partial charge is 0.466 e. The van der Waals surface area contributed by atoms with E-state index < -0.39 is 17.3 Å². The molecule has 10 heteroatoms. The van der Waals surface area contributed by atoms with Gasteiger partial charge in [0.1, 0.15) is 6.54 Å². The van der Waals surface area contributed by atoms with Gasteiger partial charge in [-0.1, -0.05) is 30.3 Å². The van der Waals surface area contributed by atoms with E-state index >= 15 is 0 Å². The van der Waals surface area contributed by atoms with Crippen LogP contribution in [-0.2, 0) is 27.0 Å². The molecular weight excluding hydrogens is 517 g/mol. The lowest BCUT2D eigenvalue weighted by Crippen LogP contribution is -2.79. The van der Waals surface area contributed by atoms with Crippen LogP contribution in [0.5, 0.6) is 0 Å². The van der Waals surface area contributed by atoms with Gasteiger partial charge in [0, 0.05) is 40.9 Å². The van der Waals surface area contributed by atoms with Crippen molar-refractivity contribution in [2.24, 2.45) is 0 Å². The van der Waals surface area contributed by atoms with Crippen molar-refractivity contribution in [3.05, 3.63) is 70.6 Å². The number of fused-ring (bicyclic) bond motifs is 1. The molecule has 6 nitrogen and oxygen atoms in total. The molecule has 1 aliphatic heterocycles. The molecule has 0 aliphatic carbocycles. The van der Waals surface area contributed by atoms with Gasteiger partial charge in [-0.3, -0.25) is 9.59 Å². The maximum absolute atomic E-state index is 14.2. The second-order valence-corrected chi connectivity index (χ2v) is 10.6. The Morgan fingerprint density at radius 3 is 2.45 bits per heavy atom. The molecule has 2 amide bonds. The molecule has 2 unspecified atom stereocenters. The minimum atomic E-state index is -4.47. The molecule has 0 bridgehead atoms. The van der Waals surface area contributed by atoms with Crippen LogP contribution < -0.4 is 5.32 Å². The molecule has 0 radical (unpaired) electrons. The summed E-state index contributed by atoms with van der Waals surface area (Å²) in [5.74, 6) is -0.909. The number of nitrogens with one attached hydrogen (secondary N) is 1. The molecule has 2 heterocycles. The van der Waals surface area contributed by atoms with Gasteiger partial charge in [0.05, 0.1) is 30.7 Å². The average molecular weight is 548 g/mol. The lowest BCUT2D eigenvalue weighted by molar-refractivity contribution is -0.944. The number of rotatable bonds is 9. The van der Waals surface area contributed by atoms with Crippen molar-refractivity contribution < 1.29 is 36.8 Å². The molecule has 0 saturated carbocycles. The summed E-state index contributed by atoms with van der Waals surface area (Å²) in [4.78, 5) is 39.3. The number of ether oxygens (including phenoxy) is 1. The Balaban J connectivity index is 1.63. The topological polar surface area (TPSA) is 72.5 Å². The highest BCUT2D eigenvalue weighted by atomic mass is 32.1. The van der Waals surface area contributed by atoms with E-state index in [-0.39, 0.29) is 48.4 Å². The highest BCUT2D eigenvalue weighted by Gasteiger charge is 2.65. The maximum Gasteiger partial charge on any atom is 0.416 e. The number of hydrogen-bond donors (Lipinski definition) is 1. The molecule has 4 rings (SSSR count). The van der Waals surface area contributed by atoms with Gasteiger partial charge < -0.3 is 10.1 Å². The molecule has 0 spiro atoms. The average Bonchev–Trinajstić information content (AvgIpc) is 3.32. The van der Waals surface area contributed by atoms with Crippen molar-refractivity contribution in [1.82, 2.24) is 5.32 Å². The SMILES string of the molecule is CCOC(=O)CCCNC(=O)C1(C)CC[N+]1(Cc1ccc(C(F)(F)F)cc1)C(=O)c1csc2ccccc12. The van der Waals surface area contributed by atoms with Gasteiger partial charge in [0.25, 0.3) is 5.91 Å². The predicted octanol–water partition coefficient (Wildman–Crippen LogP) is 5.70. The highest BCUT2D eigenvalue weighted by Crippen LogP contribution is 2.45. The summed E-state index contributed by atoms with van der Waals surface area (Å²) in [5, 5.41) is 5.44. The third-order valence-electron chi connectivity index (χ3n) is 7.40. The Bertz CT molecular complexity index is 1340. The number of benzene rings is 2. The summed E-state index contributed by atoms with van der Waals surface area (Å²) < 4.78 is 45.0. The zero-order valence-corrected chi connectivity index (χ0v) is 22.1. The van der Waals surface area contributed by atoms with Crippen LogP contribution in [0.2, 0.25) is 0 Å². The molecule has 1 saturated heterocycles. The molecule has 2 aromatic carbocycles. The first kappa shape index (κ1) is 27.8. The Morgan fingerprint density at radius 2 is 1.82 bits per heavy atom. The molecule has 38 heavy (non-hydrogen) atoms. The summed E-state index contributed by atoms with van der Waals surface area (Å²) in [6, 6.07) is 12.3. The molecule has 202 valence electrons. The molecular formula is C28H30F3N2O4S+. The molecule has 3 aromatic rings. The van der Waals surface area contributed by atoms with E-state index in [0.29, 0.717) is 30.5 Å². The Hall–Kier alpha value is -3.24. The quantitative estimate of drug-likeness (QED) is 0.212. The van der Waals surface area contributed by atoms with Gasteiger partial charge in [-0.15, -0.1) is 11.3 Å². The number of amides is 2. The van der Waals surface area contributed by atoms with E-state index in [2.05, 4.69) is 5.32 Å². The first-order chi connectivity index (χ1) is 18.0. The number of alkyl halides is 3. The fourth-order valence-electron chi connectivity index (χ4n) is 5.02. The standard InChI is InChI=1S/C28H29F3N2O4S/c1-3-37-24(34)9-6-15-32-26(36)27(2)14-16-33(27,17-19-10-12-20(13-11-19)28(29,30)31)25(35)22-18-38-23-8-5-4-7-21(22)23/h4-5,7-8,10-13,18H,3,6,9,14-17H2,1-2H3/p+1. The summed E-state index contributed by atoms with van der Waals surface area (Å²) in [6.45, 7) is 4.42. The number of hydrogen-bond acceptors (Lipinski definition) is 5. The minimum Gasteiger partial charge on any atom is -0.466 e. The minimum absolute atomic E-state index is 0.0773. The smallest absolute Gasteiger partial charge is 0.416 e. The van der Waals surface area contributed by atoms with Gasteiger partial charge in [-0.2, -0.15) is 13.2 Å². The first-order valence-electron chi connectivity index (χ1n) is 12.5. The fourth-order valence-corrected chi connectivity index (χ4v) is 5.95. The molecule has 1 N–H and O–H groups in total. The van der Waals surface area contributed by atoms with Gasteiger partial charge in [-0.25, -0.2) is 9.28 Å². The normalized spacial score (nSPS) is 21.1. The Kier molecular flexibility index (Phi) is 7.94. The number of esters is 1. The number of quaternary nitrogens is 1. The second-order valence-electron chi connectivity index (χ2n) is 9.68. The third kappa shape index (κ3) is 5.19. The number of thiophene rings is 1. The molecule has 1 aliphatic rings.